The van der Waals surface area contributed by atoms with Gasteiger partial charge in [-0.15, -0.1) is 11.8 Å². The van der Waals surface area contributed by atoms with Gasteiger partial charge in [0.25, 0.3) is 5.91 Å². The van der Waals surface area contributed by atoms with E-state index in [9.17, 15) is 27.6 Å². The van der Waals surface area contributed by atoms with Crippen molar-refractivity contribution in [3.63, 3.8) is 0 Å². The number of alkyl halides is 3. The lowest BCUT2D eigenvalue weighted by molar-refractivity contribution is -0.138. The topological polar surface area (TPSA) is 66.9 Å². The van der Waals surface area contributed by atoms with Crippen LogP contribution in [0, 0.1) is 0 Å². The molecule has 4 rings (SSSR count). The van der Waals surface area contributed by atoms with Gasteiger partial charge in [-0.3, -0.25) is 9.59 Å². The van der Waals surface area contributed by atoms with Crippen molar-refractivity contribution < 1.29 is 32.3 Å². The SMILES string of the molecule is CC(C)N(C(=O)c1cc2c(cc1C(F)(F)F)SC1(CCC1)C(=O)C2)[C@@H]1CCCN(C(=O)OC(C)(C)C)C1. The number of benzene rings is 1. The molecule has 0 bridgehead atoms. The second kappa shape index (κ2) is 9.82. The number of piperidine rings is 1. The van der Waals surface area contributed by atoms with Gasteiger partial charge in [0.1, 0.15) is 5.60 Å². The Balaban J connectivity index is 1.66. The summed E-state index contributed by atoms with van der Waals surface area (Å²) in [4.78, 5) is 42.7. The highest BCUT2D eigenvalue weighted by Gasteiger charge is 2.49. The molecule has 2 heterocycles. The molecule has 1 atom stereocenters. The Morgan fingerprint density at radius 2 is 1.84 bits per heavy atom. The molecule has 1 saturated carbocycles. The number of likely N-dealkylation sites (tertiary alicyclic amines) is 1. The summed E-state index contributed by atoms with van der Waals surface area (Å²) in [5.74, 6) is -0.710. The van der Waals surface area contributed by atoms with Crippen molar-refractivity contribution in [3.05, 3.63) is 28.8 Å². The molecule has 0 aromatic heterocycles. The lowest BCUT2D eigenvalue weighted by Gasteiger charge is -2.43. The zero-order chi connectivity index (χ0) is 27.3. The molecular weight excluding hydrogens is 505 g/mol. The maximum absolute atomic E-state index is 14.3. The minimum Gasteiger partial charge on any atom is -0.444 e. The number of thioether (sulfide) groups is 1. The molecule has 1 saturated heterocycles. The molecule has 1 aliphatic carbocycles. The molecular formula is C27H35F3N2O4S. The zero-order valence-corrected chi connectivity index (χ0v) is 22.9. The van der Waals surface area contributed by atoms with E-state index in [-0.39, 0.29) is 18.7 Å². The summed E-state index contributed by atoms with van der Waals surface area (Å²) in [6.07, 6.45) is -1.79. The molecule has 0 radical (unpaired) electrons. The second-order valence-corrected chi connectivity index (χ2v) is 13.0. The van der Waals surface area contributed by atoms with E-state index in [0.717, 1.165) is 12.5 Å². The maximum Gasteiger partial charge on any atom is 0.417 e. The first kappa shape index (κ1) is 27.8. The van der Waals surface area contributed by atoms with Gasteiger partial charge in [-0.1, -0.05) is 0 Å². The molecule has 6 nitrogen and oxygen atoms in total. The van der Waals surface area contributed by atoms with Crippen molar-refractivity contribution in [1.29, 1.82) is 0 Å². The number of hydrogen-bond donors (Lipinski definition) is 0. The Kier molecular flexibility index (Phi) is 7.38. The van der Waals surface area contributed by atoms with E-state index in [4.69, 9.17) is 4.74 Å². The van der Waals surface area contributed by atoms with Crippen LogP contribution in [0.4, 0.5) is 18.0 Å². The number of halogens is 3. The van der Waals surface area contributed by atoms with Crippen LogP contribution in [0.3, 0.4) is 0 Å². The summed E-state index contributed by atoms with van der Waals surface area (Å²) in [5.41, 5.74) is -1.62. The molecule has 37 heavy (non-hydrogen) atoms. The smallest absolute Gasteiger partial charge is 0.417 e. The predicted molar refractivity (Wildman–Crippen MR) is 135 cm³/mol. The van der Waals surface area contributed by atoms with Crippen molar-refractivity contribution in [1.82, 2.24) is 9.80 Å². The lowest BCUT2D eigenvalue weighted by Crippen LogP contribution is -2.54. The molecule has 0 N–H and O–H groups in total. The van der Waals surface area contributed by atoms with E-state index in [2.05, 4.69) is 0 Å². The maximum atomic E-state index is 14.3. The fourth-order valence-electron chi connectivity index (χ4n) is 5.38. The van der Waals surface area contributed by atoms with Crippen molar-refractivity contribution in [2.75, 3.05) is 13.1 Å². The fourth-order valence-corrected chi connectivity index (χ4v) is 6.92. The van der Waals surface area contributed by atoms with E-state index >= 15 is 0 Å². The van der Waals surface area contributed by atoms with E-state index in [1.807, 2.05) is 0 Å². The van der Waals surface area contributed by atoms with E-state index in [0.29, 0.717) is 42.7 Å². The summed E-state index contributed by atoms with van der Waals surface area (Å²) in [7, 11) is 0. The minimum absolute atomic E-state index is 0.0235. The van der Waals surface area contributed by atoms with Gasteiger partial charge in [0.05, 0.1) is 21.9 Å². The predicted octanol–water partition coefficient (Wildman–Crippen LogP) is 6.10. The Morgan fingerprint density at radius 1 is 1.16 bits per heavy atom. The van der Waals surface area contributed by atoms with Crippen LogP contribution in [0.1, 0.15) is 88.2 Å². The first-order valence-corrected chi connectivity index (χ1v) is 13.7. The van der Waals surface area contributed by atoms with Crippen LogP contribution >= 0.6 is 11.8 Å². The third kappa shape index (κ3) is 5.64. The molecule has 1 aromatic rings. The molecule has 10 heteroatoms. The van der Waals surface area contributed by atoms with Gasteiger partial charge in [-0.2, -0.15) is 13.2 Å². The molecule has 1 aromatic carbocycles. The highest BCUT2D eigenvalue weighted by molar-refractivity contribution is 8.01. The fraction of sp³-hybridized carbons (Fsp3) is 0.667. The number of carbonyl (C=O) groups is 3. The lowest BCUT2D eigenvalue weighted by atomic mass is 9.78. The molecule has 3 aliphatic rings. The standard InChI is InChI=1S/C27H35F3N2O4S/c1-16(2)32(18-8-6-11-31(15-18)24(35)36-25(3,4)5)23(34)19-12-17-13-22(33)26(9-7-10-26)37-21(17)14-20(19)27(28,29)30/h12,14,16,18H,6-11,13,15H2,1-5H3/t18-/m1/s1. The van der Waals surface area contributed by atoms with Crippen molar-refractivity contribution in [2.45, 2.75) is 107 Å². The quantitative estimate of drug-likeness (QED) is 0.464. The monoisotopic (exact) mass is 540 g/mol. The van der Waals surface area contributed by atoms with Crippen LogP contribution in [0.2, 0.25) is 0 Å². The Morgan fingerprint density at radius 3 is 2.38 bits per heavy atom. The summed E-state index contributed by atoms with van der Waals surface area (Å²) >= 11 is 1.22. The van der Waals surface area contributed by atoms with E-state index in [1.54, 1.807) is 34.6 Å². The number of ketones is 1. The molecule has 0 unspecified atom stereocenters. The van der Waals surface area contributed by atoms with Gasteiger partial charge in [-0.25, -0.2) is 4.79 Å². The highest BCUT2D eigenvalue weighted by atomic mass is 32.2. The Hall–Kier alpha value is -2.23. The Bertz CT molecular complexity index is 1090. The van der Waals surface area contributed by atoms with Crippen LogP contribution in [-0.4, -0.2) is 63.1 Å². The first-order chi connectivity index (χ1) is 17.1. The van der Waals surface area contributed by atoms with Gasteiger partial charge in [0.15, 0.2) is 5.78 Å². The highest BCUT2D eigenvalue weighted by Crippen LogP contribution is 2.53. The van der Waals surface area contributed by atoms with Gasteiger partial charge in [-0.05, 0) is 84.4 Å². The number of carbonyl (C=O) groups excluding carboxylic acids is 3. The van der Waals surface area contributed by atoms with Crippen molar-refractivity contribution in [2.24, 2.45) is 0 Å². The normalized spacial score (nSPS) is 21.5. The van der Waals surface area contributed by atoms with Crippen LogP contribution in [0.15, 0.2) is 17.0 Å². The third-order valence-corrected chi connectivity index (χ3v) is 8.92. The first-order valence-electron chi connectivity index (χ1n) is 12.9. The number of amides is 2. The molecule has 1 spiro atoms. The summed E-state index contributed by atoms with van der Waals surface area (Å²) in [6, 6.07) is 1.48. The molecule has 2 amide bonds. The minimum atomic E-state index is -4.73. The number of rotatable bonds is 3. The van der Waals surface area contributed by atoms with E-state index in [1.165, 1.54) is 27.6 Å². The van der Waals surface area contributed by atoms with Crippen LogP contribution in [0.25, 0.3) is 0 Å². The molecule has 2 fully saturated rings. The van der Waals surface area contributed by atoms with Gasteiger partial charge < -0.3 is 14.5 Å². The molecule has 2 aliphatic heterocycles. The molecule has 204 valence electrons. The third-order valence-electron chi connectivity index (χ3n) is 7.29. The summed E-state index contributed by atoms with van der Waals surface area (Å²) < 4.78 is 47.6. The van der Waals surface area contributed by atoms with Crippen LogP contribution < -0.4 is 0 Å². The van der Waals surface area contributed by atoms with Gasteiger partial charge >= 0.3 is 12.3 Å². The summed E-state index contributed by atoms with van der Waals surface area (Å²) in [5, 5.41) is 0. The number of fused-ring (bicyclic) bond motifs is 1. The van der Waals surface area contributed by atoms with Crippen molar-refractivity contribution >= 4 is 29.5 Å². The van der Waals surface area contributed by atoms with Crippen LogP contribution in [-0.2, 0) is 22.1 Å². The van der Waals surface area contributed by atoms with Crippen LogP contribution in [0.5, 0.6) is 0 Å². The largest absolute Gasteiger partial charge is 0.444 e. The average Bonchev–Trinajstić information content (AvgIpc) is 2.75. The van der Waals surface area contributed by atoms with Gasteiger partial charge in [0, 0.05) is 30.4 Å². The number of Topliss-reactive ketones (excluding diaryl/α,β-unsaturated/α-hetero) is 1. The number of nitrogens with zero attached hydrogens (tertiary/aromatic N) is 2. The summed E-state index contributed by atoms with van der Waals surface area (Å²) in [6.45, 7) is 9.45. The average molecular weight is 541 g/mol. The number of ether oxygens (including phenoxy) is 1. The zero-order valence-electron chi connectivity index (χ0n) is 22.0. The second-order valence-electron chi connectivity index (χ2n) is 11.6. The van der Waals surface area contributed by atoms with E-state index < -0.39 is 51.7 Å². The van der Waals surface area contributed by atoms with Gasteiger partial charge in [0.2, 0.25) is 0 Å². The Labute approximate surface area is 220 Å². The van der Waals surface area contributed by atoms with Crippen molar-refractivity contribution in [3.8, 4) is 0 Å². The number of hydrogen-bond acceptors (Lipinski definition) is 5.